The van der Waals surface area contributed by atoms with Crippen molar-refractivity contribution in [2.45, 2.75) is 19.8 Å². The molecule has 0 aliphatic carbocycles. The van der Waals surface area contributed by atoms with E-state index in [0.717, 1.165) is 28.5 Å². The Bertz CT molecular complexity index is 630. The SMILES string of the molecule is CCOC(=O)C=C(CCc1ccc(Br)cc1)c1ccccc1. The summed E-state index contributed by atoms with van der Waals surface area (Å²) in [4.78, 5) is 11.8. The lowest BCUT2D eigenvalue weighted by Crippen LogP contribution is -2.01. The zero-order valence-corrected chi connectivity index (χ0v) is 14.2. The van der Waals surface area contributed by atoms with E-state index in [9.17, 15) is 4.79 Å². The molecule has 0 aliphatic heterocycles. The molecule has 0 unspecified atom stereocenters. The highest BCUT2D eigenvalue weighted by atomic mass is 79.9. The summed E-state index contributed by atoms with van der Waals surface area (Å²) >= 11 is 3.44. The van der Waals surface area contributed by atoms with Gasteiger partial charge in [-0.25, -0.2) is 4.79 Å². The van der Waals surface area contributed by atoms with E-state index in [4.69, 9.17) is 4.74 Å². The monoisotopic (exact) mass is 358 g/mol. The molecule has 0 radical (unpaired) electrons. The minimum atomic E-state index is -0.280. The molecule has 2 nitrogen and oxygen atoms in total. The number of halogens is 1. The second kappa shape index (κ2) is 8.54. The first-order valence-corrected chi connectivity index (χ1v) is 8.15. The molecule has 22 heavy (non-hydrogen) atoms. The van der Waals surface area contributed by atoms with Crippen LogP contribution in [0.4, 0.5) is 0 Å². The van der Waals surface area contributed by atoms with E-state index < -0.39 is 0 Å². The number of hydrogen-bond donors (Lipinski definition) is 0. The second-order valence-electron chi connectivity index (χ2n) is 4.91. The van der Waals surface area contributed by atoms with Gasteiger partial charge in [0.2, 0.25) is 0 Å². The molecule has 0 heterocycles. The summed E-state index contributed by atoms with van der Waals surface area (Å²) in [5.41, 5.74) is 3.31. The van der Waals surface area contributed by atoms with Crippen LogP contribution in [0.2, 0.25) is 0 Å². The van der Waals surface area contributed by atoms with E-state index in [-0.39, 0.29) is 5.97 Å². The average Bonchev–Trinajstić information content (AvgIpc) is 2.54. The van der Waals surface area contributed by atoms with Crippen LogP contribution in [0.15, 0.2) is 65.1 Å². The topological polar surface area (TPSA) is 26.3 Å². The Kier molecular flexibility index (Phi) is 6.41. The van der Waals surface area contributed by atoms with Crippen LogP contribution in [0.1, 0.15) is 24.5 Å². The Balaban J connectivity index is 2.14. The van der Waals surface area contributed by atoms with Crippen LogP contribution in [0.5, 0.6) is 0 Å². The number of esters is 1. The van der Waals surface area contributed by atoms with Gasteiger partial charge in [0, 0.05) is 10.5 Å². The first-order valence-electron chi connectivity index (χ1n) is 7.36. The van der Waals surface area contributed by atoms with Gasteiger partial charge >= 0.3 is 5.97 Å². The van der Waals surface area contributed by atoms with Gasteiger partial charge in [0.05, 0.1) is 6.61 Å². The summed E-state index contributed by atoms with van der Waals surface area (Å²) in [6.07, 6.45) is 3.29. The Morgan fingerprint density at radius 3 is 2.41 bits per heavy atom. The zero-order chi connectivity index (χ0) is 15.8. The first-order chi connectivity index (χ1) is 10.7. The van der Waals surface area contributed by atoms with Gasteiger partial charge in [0.25, 0.3) is 0 Å². The third-order valence-electron chi connectivity index (χ3n) is 3.32. The maximum Gasteiger partial charge on any atom is 0.331 e. The molecule has 0 bridgehead atoms. The lowest BCUT2D eigenvalue weighted by atomic mass is 9.98. The fourth-order valence-electron chi connectivity index (χ4n) is 2.21. The van der Waals surface area contributed by atoms with Gasteiger partial charge in [0.1, 0.15) is 0 Å². The average molecular weight is 359 g/mol. The zero-order valence-electron chi connectivity index (χ0n) is 12.6. The van der Waals surface area contributed by atoms with Crippen molar-refractivity contribution in [3.05, 3.63) is 76.3 Å². The van der Waals surface area contributed by atoms with Crippen LogP contribution in [0, 0.1) is 0 Å². The van der Waals surface area contributed by atoms with Crippen molar-refractivity contribution >= 4 is 27.5 Å². The molecule has 114 valence electrons. The minimum Gasteiger partial charge on any atom is -0.463 e. The van der Waals surface area contributed by atoms with Crippen LogP contribution in [-0.2, 0) is 16.0 Å². The molecule has 2 aromatic carbocycles. The number of benzene rings is 2. The number of rotatable bonds is 6. The van der Waals surface area contributed by atoms with Crippen molar-refractivity contribution < 1.29 is 9.53 Å². The second-order valence-corrected chi connectivity index (χ2v) is 5.83. The molecule has 2 aromatic rings. The summed E-state index contributed by atoms with van der Waals surface area (Å²) in [5, 5.41) is 0. The third-order valence-corrected chi connectivity index (χ3v) is 3.85. The lowest BCUT2D eigenvalue weighted by molar-refractivity contribution is -0.137. The van der Waals surface area contributed by atoms with Crippen LogP contribution in [0.3, 0.4) is 0 Å². The van der Waals surface area contributed by atoms with Gasteiger partial charge in [0.15, 0.2) is 0 Å². The maximum absolute atomic E-state index is 11.8. The summed E-state index contributed by atoms with van der Waals surface area (Å²) in [6, 6.07) is 18.2. The van der Waals surface area contributed by atoms with E-state index in [0.29, 0.717) is 6.61 Å². The van der Waals surface area contributed by atoms with Crippen molar-refractivity contribution in [1.29, 1.82) is 0 Å². The maximum atomic E-state index is 11.8. The lowest BCUT2D eigenvalue weighted by Gasteiger charge is -2.08. The molecule has 0 saturated carbocycles. The van der Waals surface area contributed by atoms with E-state index in [1.807, 2.05) is 49.4 Å². The van der Waals surface area contributed by atoms with Crippen LogP contribution >= 0.6 is 15.9 Å². The van der Waals surface area contributed by atoms with E-state index in [1.165, 1.54) is 5.56 Å². The number of aryl methyl sites for hydroxylation is 1. The fraction of sp³-hybridized carbons (Fsp3) is 0.211. The van der Waals surface area contributed by atoms with Crippen LogP contribution in [0.25, 0.3) is 5.57 Å². The Morgan fingerprint density at radius 2 is 1.77 bits per heavy atom. The summed E-state index contributed by atoms with van der Waals surface area (Å²) in [6.45, 7) is 2.21. The normalized spacial score (nSPS) is 11.3. The quantitative estimate of drug-likeness (QED) is 0.534. The molecule has 0 aromatic heterocycles. The number of allylic oxidation sites excluding steroid dienone is 1. The van der Waals surface area contributed by atoms with Crippen LogP contribution < -0.4 is 0 Å². The first kappa shape index (κ1) is 16.5. The summed E-state index contributed by atoms with van der Waals surface area (Å²) < 4.78 is 6.11. The molecule has 0 N–H and O–H groups in total. The molecule has 0 fully saturated rings. The molecule has 0 saturated heterocycles. The predicted molar refractivity (Wildman–Crippen MR) is 93.5 cm³/mol. The standard InChI is InChI=1S/C19H19BrO2/c1-2-22-19(21)14-17(16-6-4-3-5-7-16)11-8-15-9-12-18(20)13-10-15/h3-7,9-10,12-14H,2,8,11H2,1H3. The van der Waals surface area contributed by atoms with E-state index in [2.05, 4.69) is 28.1 Å². The van der Waals surface area contributed by atoms with Crippen molar-refractivity contribution in [2.24, 2.45) is 0 Å². The highest BCUT2D eigenvalue weighted by Gasteiger charge is 2.06. The Hall–Kier alpha value is -1.87. The largest absolute Gasteiger partial charge is 0.463 e. The van der Waals surface area contributed by atoms with Gasteiger partial charge in [-0.15, -0.1) is 0 Å². The summed E-state index contributed by atoms with van der Waals surface area (Å²) in [7, 11) is 0. The highest BCUT2D eigenvalue weighted by molar-refractivity contribution is 9.10. The molecular weight excluding hydrogens is 340 g/mol. The fourth-order valence-corrected chi connectivity index (χ4v) is 2.47. The minimum absolute atomic E-state index is 0.280. The number of carbonyl (C=O) groups excluding carboxylic acids is 1. The van der Waals surface area contributed by atoms with Gasteiger partial charge in [-0.05, 0) is 48.6 Å². The van der Waals surface area contributed by atoms with Gasteiger partial charge < -0.3 is 4.74 Å². The number of carbonyl (C=O) groups is 1. The molecule has 0 amide bonds. The molecule has 2 rings (SSSR count). The molecular formula is C19H19BrO2. The highest BCUT2D eigenvalue weighted by Crippen LogP contribution is 2.21. The van der Waals surface area contributed by atoms with E-state index >= 15 is 0 Å². The van der Waals surface area contributed by atoms with Crippen molar-refractivity contribution in [3.8, 4) is 0 Å². The molecule has 0 aliphatic rings. The van der Waals surface area contributed by atoms with Gasteiger partial charge in [-0.1, -0.05) is 58.4 Å². The van der Waals surface area contributed by atoms with Crippen molar-refractivity contribution in [3.63, 3.8) is 0 Å². The van der Waals surface area contributed by atoms with Crippen molar-refractivity contribution in [1.82, 2.24) is 0 Å². The van der Waals surface area contributed by atoms with Crippen molar-refractivity contribution in [2.75, 3.05) is 6.61 Å². The molecule has 0 atom stereocenters. The number of hydrogen-bond acceptors (Lipinski definition) is 2. The van der Waals surface area contributed by atoms with Gasteiger partial charge in [-0.3, -0.25) is 0 Å². The third kappa shape index (κ3) is 5.15. The predicted octanol–water partition coefficient (Wildman–Crippen LogP) is 5.03. The van der Waals surface area contributed by atoms with Crippen LogP contribution in [-0.4, -0.2) is 12.6 Å². The Morgan fingerprint density at radius 1 is 1.09 bits per heavy atom. The smallest absolute Gasteiger partial charge is 0.331 e. The molecule has 0 spiro atoms. The summed E-state index contributed by atoms with van der Waals surface area (Å²) in [5.74, 6) is -0.280. The number of ether oxygens (including phenoxy) is 1. The van der Waals surface area contributed by atoms with Gasteiger partial charge in [-0.2, -0.15) is 0 Å². The Labute approximate surface area is 139 Å². The molecule has 3 heteroatoms. The van der Waals surface area contributed by atoms with E-state index in [1.54, 1.807) is 6.08 Å².